The lowest BCUT2D eigenvalue weighted by atomic mass is 9.99. The molecular formula is C28H24ClF3N4O. The Balaban J connectivity index is 1.40. The van der Waals surface area contributed by atoms with E-state index in [0.29, 0.717) is 41.6 Å². The van der Waals surface area contributed by atoms with E-state index < -0.39 is 17.6 Å². The van der Waals surface area contributed by atoms with Gasteiger partial charge in [0.2, 0.25) is 5.91 Å². The van der Waals surface area contributed by atoms with Gasteiger partial charge in [-0.2, -0.15) is 0 Å². The minimum Gasteiger partial charge on any atom is -0.340 e. The van der Waals surface area contributed by atoms with Gasteiger partial charge < -0.3 is 14.8 Å². The summed E-state index contributed by atoms with van der Waals surface area (Å²) in [5, 5.41) is 4.03. The minimum absolute atomic E-state index is 0.0884. The highest BCUT2D eigenvalue weighted by atomic mass is 35.5. The van der Waals surface area contributed by atoms with Crippen LogP contribution in [0.1, 0.15) is 18.3 Å². The van der Waals surface area contributed by atoms with E-state index in [0.717, 1.165) is 29.2 Å². The molecule has 1 aliphatic rings. The van der Waals surface area contributed by atoms with Gasteiger partial charge in [-0.05, 0) is 72.6 Å². The smallest absolute Gasteiger partial charge is 0.226 e. The number of aromatic nitrogens is 2. The first kappa shape index (κ1) is 24.9. The third-order valence-corrected chi connectivity index (χ3v) is 6.71. The zero-order valence-electron chi connectivity index (χ0n) is 20.0. The molecule has 1 aromatic heterocycles. The molecule has 4 aromatic rings. The molecule has 0 fully saturated rings. The molecule has 1 amide bonds. The predicted molar refractivity (Wildman–Crippen MR) is 137 cm³/mol. The molecule has 5 nitrogen and oxygen atoms in total. The molecule has 0 saturated heterocycles. The summed E-state index contributed by atoms with van der Waals surface area (Å²) in [4.78, 5) is 19.8. The van der Waals surface area contributed by atoms with Crippen molar-refractivity contribution in [1.29, 1.82) is 0 Å². The fourth-order valence-corrected chi connectivity index (χ4v) is 4.67. The van der Waals surface area contributed by atoms with Crippen molar-refractivity contribution >= 4 is 29.0 Å². The lowest BCUT2D eigenvalue weighted by Crippen LogP contribution is -2.41. The summed E-state index contributed by atoms with van der Waals surface area (Å²) >= 11 is 6.03. The summed E-state index contributed by atoms with van der Waals surface area (Å²) in [5.74, 6) is -1.26. The van der Waals surface area contributed by atoms with Crippen LogP contribution in [0.3, 0.4) is 0 Å². The average molecular weight is 525 g/mol. The van der Waals surface area contributed by atoms with Crippen LogP contribution >= 0.6 is 11.6 Å². The van der Waals surface area contributed by atoms with Crippen molar-refractivity contribution in [2.75, 3.05) is 11.9 Å². The number of benzene rings is 3. The maximum atomic E-state index is 13.6. The van der Waals surface area contributed by atoms with E-state index in [1.165, 1.54) is 18.2 Å². The number of nitrogens with zero attached hydrogens (tertiary/aromatic N) is 3. The molecular weight excluding hydrogens is 501 g/mol. The largest absolute Gasteiger partial charge is 0.340 e. The number of carbonyl (C=O) groups excluding carboxylic acids is 1. The first-order valence-electron chi connectivity index (χ1n) is 11.9. The quantitative estimate of drug-likeness (QED) is 0.310. The Kier molecular flexibility index (Phi) is 6.93. The molecule has 1 aliphatic heterocycles. The van der Waals surface area contributed by atoms with E-state index in [1.807, 2.05) is 16.7 Å². The summed E-state index contributed by atoms with van der Waals surface area (Å²) in [7, 11) is 0. The van der Waals surface area contributed by atoms with Crippen molar-refractivity contribution in [2.24, 2.45) is 5.92 Å². The Hall–Kier alpha value is -3.78. The fraction of sp³-hybridized carbons (Fsp3) is 0.214. The molecule has 5 rings (SSSR count). The van der Waals surface area contributed by atoms with Gasteiger partial charge in [0, 0.05) is 35.3 Å². The second kappa shape index (κ2) is 10.3. The van der Waals surface area contributed by atoms with Crippen LogP contribution in [-0.4, -0.2) is 26.9 Å². The molecule has 0 radical (unpaired) electrons. The van der Waals surface area contributed by atoms with Gasteiger partial charge in [0.1, 0.15) is 23.2 Å². The molecule has 190 valence electrons. The maximum absolute atomic E-state index is 13.6. The number of hydrogen-bond acceptors (Lipinski definition) is 3. The molecule has 0 saturated carbocycles. The molecule has 1 unspecified atom stereocenters. The summed E-state index contributed by atoms with van der Waals surface area (Å²) in [6.07, 6.45) is 0.297. The lowest BCUT2D eigenvalue weighted by molar-refractivity contribution is -0.136. The Morgan fingerprint density at radius 2 is 1.73 bits per heavy atom. The monoisotopic (exact) mass is 524 g/mol. The van der Waals surface area contributed by atoms with Gasteiger partial charge in [-0.1, -0.05) is 24.6 Å². The van der Waals surface area contributed by atoms with E-state index in [4.69, 9.17) is 16.6 Å². The molecule has 0 spiro atoms. The van der Waals surface area contributed by atoms with E-state index in [2.05, 4.69) is 5.32 Å². The number of rotatable bonds is 6. The van der Waals surface area contributed by atoms with Crippen LogP contribution in [0, 0.1) is 23.4 Å². The van der Waals surface area contributed by atoms with Crippen LogP contribution in [-0.2, 0) is 24.3 Å². The van der Waals surface area contributed by atoms with Crippen molar-refractivity contribution in [2.45, 2.75) is 26.4 Å². The van der Waals surface area contributed by atoms with E-state index in [-0.39, 0.29) is 18.3 Å². The van der Waals surface area contributed by atoms with Crippen LogP contribution < -0.4 is 5.32 Å². The first-order chi connectivity index (χ1) is 17.8. The number of amides is 1. The summed E-state index contributed by atoms with van der Waals surface area (Å²) in [6, 6.07) is 17.1. The number of fused-ring (bicyclic) bond motifs is 1. The molecule has 2 heterocycles. The number of hydrogen-bond donors (Lipinski definition) is 1. The van der Waals surface area contributed by atoms with Crippen LogP contribution in [0.25, 0.3) is 11.3 Å². The zero-order valence-corrected chi connectivity index (χ0v) is 20.8. The number of nitrogens with one attached hydrogen (secondary N) is 1. The molecule has 1 atom stereocenters. The zero-order chi connectivity index (χ0) is 26.1. The Morgan fingerprint density at radius 3 is 2.43 bits per heavy atom. The van der Waals surface area contributed by atoms with Gasteiger partial charge in [-0.25, -0.2) is 18.2 Å². The van der Waals surface area contributed by atoms with E-state index >= 15 is 0 Å². The van der Waals surface area contributed by atoms with Gasteiger partial charge in [-0.15, -0.1) is 0 Å². The van der Waals surface area contributed by atoms with Gasteiger partial charge in [0.25, 0.3) is 0 Å². The Morgan fingerprint density at radius 1 is 1.00 bits per heavy atom. The maximum Gasteiger partial charge on any atom is 0.226 e. The van der Waals surface area contributed by atoms with Gasteiger partial charge in [0.15, 0.2) is 11.6 Å². The molecule has 0 bridgehead atoms. The van der Waals surface area contributed by atoms with Crippen LogP contribution in [0.4, 0.5) is 24.7 Å². The molecule has 0 aliphatic carbocycles. The minimum atomic E-state index is -0.925. The van der Waals surface area contributed by atoms with Crippen molar-refractivity contribution < 1.29 is 18.0 Å². The SMILES string of the molecule is CC(Cc1ccc(F)c(F)c1)C(=O)N1CCn2c(nc(-c3ccc(F)cc3)c2Nc2ccc(Cl)cc2)C1. The van der Waals surface area contributed by atoms with Crippen molar-refractivity contribution in [3.8, 4) is 11.3 Å². The summed E-state index contributed by atoms with van der Waals surface area (Å²) < 4.78 is 42.5. The van der Waals surface area contributed by atoms with Crippen LogP contribution in [0.2, 0.25) is 5.02 Å². The third-order valence-electron chi connectivity index (χ3n) is 6.46. The number of imidazole rings is 1. The topological polar surface area (TPSA) is 50.2 Å². The van der Waals surface area contributed by atoms with Gasteiger partial charge in [-0.3, -0.25) is 4.79 Å². The molecule has 37 heavy (non-hydrogen) atoms. The Bertz CT molecular complexity index is 1440. The van der Waals surface area contributed by atoms with Crippen LogP contribution in [0.15, 0.2) is 66.7 Å². The number of halogens is 4. The highest BCUT2D eigenvalue weighted by Crippen LogP contribution is 2.34. The Labute approximate surface area is 217 Å². The second-order valence-electron chi connectivity index (χ2n) is 9.13. The average Bonchev–Trinajstić information content (AvgIpc) is 3.25. The number of carbonyl (C=O) groups is 1. The summed E-state index contributed by atoms with van der Waals surface area (Å²) in [5.41, 5.74) is 2.76. The molecule has 3 aromatic carbocycles. The molecule has 9 heteroatoms. The number of anilines is 2. The highest BCUT2D eigenvalue weighted by Gasteiger charge is 2.29. The summed E-state index contributed by atoms with van der Waals surface area (Å²) in [6.45, 7) is 3.03. The van der Waals surface area contributed by atoms with Crippen molar-refractivity contribution in [3.63, 3.8) is 0 Å². The lowest BCUT2D eigenvalue weighted by Gasteiger charge is -2.30. The normalized spacial score (nSPS) is 13.8. The first-order valence-corrected chi connectivity index (χ1v) is 12.3. The second-order valence-corrected chi connectivity index (χ2v) is 9.57. The van der Waals surface area contributed by atoms with E-state index in [9.17, 15) is 18.0 Å². The van der Waals surface area contributed by atoms with Crippen LogP contribution in [0.5, 0.6) is 0 Å². The van der Waals surface area contributed by atoms with E-state index in [1.54, 1.807) is 36.1 Å². The third kappa shape index (κ3) is 5.34. The van der Waals surface area contributed by atoms with Gasteiger partial charge >= 0.3 is 0 Å². The predicted octanol–water partition coefficient (Wildman–Crippen LogP) is 6.59. The molecule has 1 N–H and O–H groups in total. The van der Waals surface area contributed by atoms with Gasteiger partial charge in [0.05, 0.1) is 6.54 Å². The fourth-order valence-electron chi connectivity index (χ4n) is 4.54. The standard InChI is InChI=1S/C28H24ClF3N4O/c1-17(14-18-2-11-23(31)24(32)15-18)28(37)35-12-13-36-25(16-35)34-26(19-3-7-21(30)8-4-19)27(36)33-22-9-5-20(29)6-10-22/h2-11,15,17,33H,12-14,16H2,1H3. The highest BCUT2D eigenvalue weighted by molar-refractivity contribution is 6.30. The van der Waals surface area contributed by atoms with Crippen molar-refractivity contribution in [3.05, 3.63) is 101 Å². The van der Waals surface area contributed by atoms with Crippen molar-refractivity contribution in [1.82, 2.24) is 14.5 Å².